The van der Waals surface area contributed by atoms with Gasteiger partial charge in [0.25, 0.3) is 0 Å². The van der Waals surface area contributed by atoms with Gasteiger partial charge in [0, 0.05) is 0 Å². The van der Waals surface area contributed by atoms with E-state index >= 15 is 0 Å². The van der Waals surface area contributed by atoms with Gasteiger partial charge >= 0.3 is 219 Å². The van der Waals surface area contributed by atoms with Crippen molar-refractivity contribution < 1.29 is 105 Å². The number of rotatable bonds is 0. The first-order valence-electron chi connectivity index (χ1n) is 2.26. The molecule has 0 bridgehead atoms. The molecule has 0 atom stereocenters. The second kappa shape index (κ2) is 70.3. The summed E-state index contributed by atoms with van der Waals surface area (Å²) in [7, 11) is -13.9. The summed E-state index contributed by atoms with van der Waals surface area (Å²) in [4.78, 5) is 43.1. The van der Waals surface area contributed by atoms with E-state index in [0.29, 0.717) is 0 Å². The molecule has 0 aromatic heterocycles. The normalized spacial score (nSPS) is 5.87. The van der Waals surface area contributed by atoms with Crippen LogP contribution in [0, 0.1) is 0 Å². The molecule has 0 amide bonds. The molecule has 190 valence electrons. The van der Waals surface area contributed by atoms with E-state index in [1.54, 1.807) is 0 Å². The van der Waals surface area contributed by atoms with E-state index in [4.69, 9.17) is 56.0 Å². The molecule has 0 aromatic rings. The Kier molecular flexibility index (Phi) is 317. The molecule has 0 aromatic carbocycles. The van der Waals surface area contributed by atoms with E-state index in [1.165, 1.54) is 0 Å². The van der Waals surface area contributed by atoms with E-state index in [0.717, 1.165) is 0 Å². The van der Waals surface area contributed by atoms with E-state index in [1.807, 2.05) is 0 Å². The number of phosphoric acid groups is 2. The van der Waals surface area contributed by atoms with Crippen LogP contribution in [-0.2, 0) is 19.5 Å². The predicted octanol–water partition coefficient (Wildman–Crippen LogP) is -13.3. The van der Waals surface area contributed by atoms with Crippen molar-refractivity contribution in [1.29, 1.82) is 0 Å². The monoisotopic (exact) mass is 664 g/mol. The molecule has 30 heteroatoms. The van der Waals surface area contributed by atoms with Gasteiger partial charge in [-0.05, 0) is 0 Å². The van der Waals surface area contributed by atoms with Crippen molar-refractivity contribution in [3.8, 4) is 0 Å². The minimum atomic E-state index is -4.67. The van der Waals surface area contributed by atoms with Crippen LogP contribution in [0.15, 0.2) is 0 Å². The zero-order chi connectivity index (χ0) is 13.5. The Balaban J connectivity index is -0.00000000360. The van der Waals surface area contributed by atoms with Crippen molar-refractivity contribution in [2.75, 3.05) is 0 Å². The fraction of sp³-hybridized carbons (Fsp3) is 0. The molecule has 0 rings (SSSR count). The summed E-state index contributed by atoms with van der Waals surface area (Å²) in [5.41, 5.74) is 0. The SMILES string of the molecule is Cl.O.O.O.O.O.O.O.O.O.O=P(O)(O)O.O=P(O)(O)O.O=S(=O)(O)O.[CaH2].[KH].[KH].[MgH2].[NaH]. The Hall–Kier alpha value is 6.32. The Morgan fingerprint density at radius 1 is 0.533 bits per heavy atom. The van der Waals surface area contributed by atoms with Crippen molar-refractivity contribution in [3.63, 3.8) is 0 Å². The molecule has 0 heterocycles. The second-order valence-electron chi connectivity index (χ2n) is 1.47. The Labute approximate surface area is 329 Å². The van der Waals surface area contributed by atoms with Gasteiger partial charge < -0.3 is 78.6 Å². The maximum atomic E-state index is 8.88. The molecule has 0 aliphatic rings. The number of hydrogen-bond donors (Lipinski definition) is 8. The van der Waals surface area contributed by atoms with E-state index in [9.17, 15) is 0 Å². The van der Waals surface area contributed by atoms with Gasteiger partial charge in [0.05, 0.1) is 0 Å². The van der Waals surface area contributed by atoms with E-state index in [-0.39, 0.29) is 255 Å². The zero-order valence-electron chi connectivity index (χ0n) is 11.4. The van der Waals surface area contributed by atoms with Crippen LogP contribution in [-0.4, -0.2) is 289 Å². The van der Waals surface area contributed by atoms with Crippen LogP contribution in [0.3, 0.4) is 0 Å². The first-order valence-corrected chi connectivity index (χ1v) is 6.79. The van der Waals surface area contributed by atoms with Crippen molar-refractivity contribution in [2.24, 2.45) is 0 Å². The van der Waals surface area contributed by atoms with Gasteiger partial charge in [-0.15, -0.1) is 12.4 Å². The summed E-state index contributed by atoms with van der Waals surface area (Å²) in [6, 6.07) is 0. The number of halogens is 1. The van der Waals surface area contributed by atoms with E-state index in [2.05, 4.69) is 0 Å². The van der Waals surface area contributed by atoms with Crippen LogP contribution < -0.4 is 0 Å². The topological polar surface area (TPSA) is 514 Å². The third-order valence-corrected chi connectivity index (χ3v) is 0. The van der Waals surface area contributed by atoms with Crippen LogP contribution in [0.2, 0.25) is 0 Å². The molecule has 0 fully saturated rings. The first-order chi connectivity index (χ1) is 6.00. The summed E-state index contributed by atoms with van der Waals surface area (Å²) in [5.74, 6) is 0. The first kappa shape index (κ1) is 135. The molecule has 0 spiro atoms. The standard InChI is InChI=1S/Ca.ClH.2K.Mg.Na.2H3O4P.H2O4S.9H2O.7H/c;;;;;;3*1-5(2,3)4;;;;;;;;;;;;;;;;/h;1H;;;;;2*(H3,1,2,3,4);(H2,1,2,3,4);9*1H2;;;;;;;. The van der Waals surface area contributed by atoms with Crippen molar-refractivity contribution >= 4 is 232 Å². The zero-order valence-corrected chi connectivity index (χ0v) is 14.8. The Morgan fingerprint density at radius 3 is 0.533 bits per heavy atom. The van der Waals surface area contributed by atoms with Gasteiger partial charge in [-0.3, -0.25) is 9.11 Å². The summed E-state index contributed by atoms with van der Waals surface area (Å²) < 4.78 is 49.3. The van der Waals surface area contributed by atoms with Crippen LogP contribution in [0.25, 0.3) is 0 Å². The van der Waals surface area contributed by atoms with Gasteiger partial charge in [-0.1, -0.05) is 0 Å². The van der Waals surface area contributed by atoms with Crippen LogP contribution >= 0.6 is 28.1 Å². The molecule has 0 unspecified atom stereocenters. The molecular formula is H34CaClK2MgNaO21P2S. The van der Waals surface area contributed by atoms with Crippen molar-refractivity contribution in [2.45, 2.75) is 0 Å². The van der Waals surface area contributed by atoms with Crippen LogP contribution in [0.4, 0.5) is 0 Å². The molecule has 30 heavy (non-hydrogen) atoms. The average Bonchev–Trinajstić information content (AvgIpc) is 1.41. The summed E-state index contributed by atoms with van der Waals surface area (Å²) in [5, 5.41) is 0. The molecule has 0 aliphatic heterocycles. The third kappa shape index (κ3) is 954. The van der Waals surface area contributed by atoms with Crippen LogP contribution in [0.5, 0.6) is 0 Å². The molecule has 0 saturated carbocycles. The average molecular weight is 665 g/mol. The molecule has 21 nitrogen and oxygen atoms in total. The quantitative estimate of drug-likeness (QED) is 0.0679. The maximum absolute atomic E-state index is 8.88. The summed E-state index contributed by atoms with van der Waals surface area (Å²) in [6.07, 6.45) is 0. The fourth-order valence-electron chi connectivity index (χ4n) is 0. The molecular weight excluding hydrogens is 631 g/mol. The van der Waals surface area contributed by atoms with Crippen molar-refractivity contribution in [1.82, 2.24) is 0 Å². The fourth-order valence-corrected chi connectivity index (χ4v) is 0. The molecule has 0 radical (unpaired) electrons. The van der Waals surface area contributed by atoms with Crippen LogP contribution in [0.1, 0.15) is 0 Å². The molecule has 0 saturated heterocycles. The van der Waals surface area contributed by atoms with Gasteiger partial charge in [-0.25, -0.2) is 9.13 Å². The summed E-state index contributed by atoms with van der Waals surface area (Å²) in [6.45, 7) is 0. The van der Waals surface area contributed by atoms with Gasteiger partial charge in [0.2, 0.25) is 0 Å². The van der Waals surface area contributed by atoms with Gasteiger partial charge in [0.15, 0.2) is 0 Å². The summed E-state index contributed by atoms with van der Waals surface area (Å²) >= 11 is 0. The minimum absolute atomic E-state index is 0. The van der Waals surface area contributed by atoms with Gasteiger partial charge in [-0.2, -0.15) is 8.42 Å². The second-order valence-corrected chi connectivity index (χ2v) is 4.42. The Bertz CT molecular complexity index is 315. The number of hydrogen-bond acceptors (Lipinski definition) is 4. The molecule has 26 N–H and O–H groups in total. The predicted molar refractivity (Wildman–Crippen MR) is 121 cm³/mol. The van der Waals surface area contributed by atoms with E-state index < -0.39 is 26.0 Å². The third-order valence-electron chi connectivity index (χ3n) is 0. The van der Waals surface area contributed by atoms with Crippen molar-refractivity contribution in [3.05, 3.63) is 0 Å². The Morgan fingerprint density at radius 2 is 0.533 bits per heavy atom. The molecule has 0 aliphatic carbocycles. The van der Waals surface area contributed by atoms with Gasteiger partial charge in [0.1, 0.15) is 0 Å².